The van der Waals surface area contributed by atoms with Crippen LogP contribution < -0.4 is 16.0 Å². The Labute approximate surface area is 196 Å². The second-order valence-electron chi connectivity index (χ2n) is 7.16. The summed E-state index contributed by atoms with van der Waals surface area (Å²) in [6, 6.07) is 20.3. The van der Waals surface area contributed by atoms with Crippen LogP contribution in [0.2, 0.25) is 0 Å². The number of anilines is 1. The number of guanidine groups is 1. The van der Waals surface area contributed by atoms with Gasteiger partial charge in [-0.15, -0.1) is 24.0 Å². The van der Waals surface area contributed by atoms with Gasteiger partial charge in [0, 0.05) is 18.8 Å². The number of aliphatic imine (C=N–C) groups is 1. The molecule has 1 atom stereocenters. The highest BCUT2D eigenvalue weighted by Crippen LogP contribution is 2.24. The third-order valence-electron chi connectivity index (χ3n) is 5.01. The Morgan fingerprint density at radius 1 is 1.00 bits per heavy atom. The minimum absolute atomic E-state index is 0. The molecule has 3 rings (SSSR count). The molecule has 7 heteroatoms. The molecule has 1 unspecified atom stereocenters. The van der Waals surface area contributed by atoms with Gasteiger partial charge >= 0.3 is 0 Å². The molecule has 2 aromatic rings. The Kier molecular flexibility index (Phi) is 10.6. The Morgan fingerprint density at radius 3 is 2.27 bits per heavy atom. The highest BCUT2D eigenvalue weighted by molar-refractivity contribution is 14.0. The van der Waals surface area contributed by atoms with Crippen LogP contribution in [-0.2, 0) is 4.79 Å². The van der Waals surface area contributed by atoms with Crippen molar-refractivity contribution < 1.29 is 4.79 Å². The largest absolute Gasteiger partial charge is 0.357 e. The second kappa shape index (κ2) is 13.2. The Bertz CT molecular complexity index is 779. The molecule has 1 amide bonds. The molecule has 3 N–H and O–H groups in total. The third kappa shape index (κ3) is 7.60. The summed E-state index contributed by atoms with van der Waals surface area (Å²) in [4.78, 5) is 19.2. The summed E-state index contributed by atoms with van der Waals surface area (Å²) in [5.74, 6) is 0.531. The van der Waals surface area contributed by atoms with E-state index in [-0.39, 0.29) is 36.4 Å². The quantitative estimate of drug-likeness (QED) is 0.282. The van der Waals surface area contributed by atoms with E-state index in [0.29, 0.717) is 12.0 Å². The fourth-order valence-electron chi connectivity index (χ4n) is 3.59. The highest BCUT2D eigenvalue weighted by Gasteiger charge is 2.23. The van der Waals surface area contributed by atoms with E-state index >= 15 is 0 Å². The molecule has 0 radical (unpaired) electrons. The van der Waals surface area contributed by atoms with Crippen molar-refractivity contribution in [3.05, 3.63) is 66.2 Å². The van der Waals surface area contributed by atoms with Gasteiger partial charge in [-0.05, 0) is 50.6 Å². The predicted molar refractivity (Wildman–Crippen MR) is 134 cm³/mol. The normalized spacial score (nSPS) is 15.2. The minimum atomic E-state index is -0.132. The number of amides is 1. The van der Waals surface area contributed by atoms with Gasteiger partial charge in [0.25, 0.3) is 0 Å². The van der Waals surface area contributed by atoms with Gasteiger partial charge < -0.3 is 16.0 Å². The summed E-state index contributed by atoms with van der Waals surface area (Å²) in [6.07, 6.45) is 2.49. The first-order valence-electron chi connectivity index (χ1n) is 10.4. The Hall–Kier alpha value is -2.13. The predicted octanol–water partition coefficient (Wildman–Crippen LogP) is 3.64. The van der Waals surface area contributed by atoms with Crippen molar-refractivity contribution in [2.75, 3.05) is 38.0 Å². The van der Waals surface area contributed by atoms with Gasteiger partial charge in [0.1, 0.15) is 6.54 Å². The number of carbonyl (C=O) groups excluding carboxylic acids is 1. The van der Waals surface area contributed by atoms with Crippen LogP contribution in [0, 0.1) is 0 Å². The van der Waals surface area contributed by atoms with Crippen LogP contribution in [0.3, 0.4) is 0 Å². The molecule has 6 nitrogen and oxygen atoms in total. The summed E-state index contributed by atoms with van der Waals surface area (Å²) in [5, 5.41) is 9.54. The molecular formula is C23H32IN5O. The van der Waals surface area contributed by atoms with E-state index in [1.807, 2.05) is 37.3 Å². The zero-order valence-electron chi connectivity index (χ0n) is 17.5. The van der Waals surface area contributed by atoms with Crippen molar-refractivity contribution in [1.82, 2.24) is 15.5 Å². The van der Waals surface area contributed by atoms with Gasteiger partial charge in [-0.25, -0.2) is 4.99 Å². The molecule has 30 heavy (non-hydrogen) atoms. The van der Waals surface area contributed by atoms with E-state index in [2.05, 4.69) is 56.2 Å². The van der Waals surface area contributed by atoms with Crippen molar-refractivity contribution in [2.24, 2.45) is 4.99 Å². The van der Waals surface area contributed by atoms with Crippen molar-refractivity contribution in [3.8, 4) is 0 Å². The summed E-state index contributed by atoms with van der Waals surface area (Å²) in [6.45, 7) is 5.82. The van der Waals surface area contributed by atoms with Crippen molar-refractivity contribution in [1.29, 1.82) is 0 Å². The van der Waals surface area contributed by atoms with E-state index in [1.54, 1.807) is 0 Å². The molecule has 0 spiro atoms. The van der Waals surface area contributed by atoms with Crippen LogP contribution >= 0.6 is 24.0 Å². The van der Waals surface area contributed by atoms with Gasteiger partial charge in [-0.3, -0.25) is 9.69 Å². The fourth-order valence-corrected chi connectivity index (χ4v) is 3.59. The van der Waals surface area contributed by atoms with E-state index in [1.165, 1.54) is 18.4 Å². The summed E-state index contributed by atoms with van der Waals surface area (Å²) < 4.78 is 0. The number of benzene rings is 2. The summed E-state index contributed by atoms with van der Waals surface area (Å²) in [5.41, 5.74) is 2.09. The van der Waals surface area contributed by atoms with Crippen LogP contribution in [0.4, 0.5) is 5.69 Å². The van der Waals surface area contributed by atoms with Crippen molar-refractivity contribution in [2.45, 2.75) is 25.8 Å². The first kappa shape index (κ1) is 24.1. The molecule has 0 saturated carbocycles. The first-order chi connectivity index (χ1) is 14.3. The highest BCUT2D eigenvalue weighted by atomic mass is 127. The SMILES string of the molecule is CCNC(=NCC(=O)Nc1ccccc1)NCC(c1ccccc1)N1CCCC1.I. The monoisotopic (exact) mass is 521 g/mol. The lowest BCUT2D eigenvalue weighted by atomic mass is 10.1. The van der Waals surface area contributed by atoms with E-state index in [4.69, 9.17) is 0 Å². The zero-order chi connectivity index (χ0) is 20.3. The molecule has 1 aliphatic rings. The minimum Gasteiger partial charge on any atom is -0.357 e. The lowest BCUT2D eigenvalue weighted by Crippen LogP contribution is -2.43. The number of carbonyl (C=O) groups is 1. The van der Waals surface area contributed by atoms with Crippen LogP contribution in [0.1, 0.15) is 31.4 Å². The van der Waals surface area contributed by atoms with Gasteiger partial charge in [0.2, 0.25) is 5.91 Å². The molecular weight excluding hydrogens is 489 g/mol. The number of para-hydroxylation sites is 1. The third-order valence-corrected chi connectivity index (χ3v) is 5.01. The average molecular weight is 521 g/mol. The average Bonchev–Trinajstić information content (AvgIpc) is 3.28. The van der Waals surface area contributed by atoms with Gasteiger partial charge in [-0.1, -0.05) is 48.5 Å². The molecule has 0 aromatic heterocycles. The van der Waals surface area contributed by atoms with Crippen molar-refractivity contribution >= 4 is 41.5 Å². The molecule has 2 aromatic carbocycles. The number of likely N-dealkylation sites (tertiary alicyclic amines) is 1. The number of rotatable bonds is 8. The molecule has 1 aliphatic heterocycles. The van der Waals surface area contributed by atoms with Gasteiger partial charge in [0.15, 0.2) is 5.96 Å². The van der Waals surface area contributed by atoms with Crippen LogP contribution in [0.15, 0.2) is 65.7 Å². The summed E-state index contributed by atoms with van der Waals surface area (Å²) in [7, 11) is 0. The van der Waals surface area contributed by atoms with Gasteiger partial charge in [-0.2, -0.15) is 0 Å². The smallest absolute Gasteiger partial charge is 0.246 e. The lowest BCUT2D eigenvalue weighted by molar-refractivity contribution is -0.114. The van der Waals surface area contributed by atoms with Crippen molar-refractivity contribution in [3.63, 3.8) is 0 Å². The molecule has 0 aliphatic carbocycles. The zero-order valence-corrected chi connectivity index (χ0v) is 19.8. The summed E-state index contributed by atoms with van der Waals surface area (Å²) >= 11 is 0. The van der Waals surface area contributed by atoms with Crippen LogP contribution in [0.25, 0.3) is 0 Å². The number of hydrogen-bond acceptors (Lipinski definition) is 3. The van der Waals surface area contributed by atoms with Crippen LogP contribution in [0.5, 0.6) is 0 Å². The van der Waals surface area contributed by atoms with E-state index in [0.717, 1.165) is 31.9 Å². The Morgan fingerprint density at radius 2 is 1.63 bits per heavy atom. The van der Waals surface area contributed by atoms with Crippen LogP contribution in [-0.4, -0.2) is 49.5 Å². The molecule has 1 saturated heterocycles. The second-order valence-corrected chi connectivity index (χ2v) is 7.16. The standard InChI is InChI=1S/C23H31N5O.HI/c1-2-24-23(26-18-22(29)27-20-13-7-4-8-14-20)25-17-21(28-15-9-10-16-28)19-11-5-3-6-12-19;/h3-8,11-14,21H,2,9-10,15-18H2,1H3,(H,27,29)(H2,24,25,26);1H. The number of nitrogens with one attached hydrogen (secondary N) is 3. The van der Waals surface area contributed by atoms with E-state index in [9.17, 15) is 4.79 Å². The topological polar surface area (TPSA) is 68.8 Å². The molecule has 0 bridgehead atoms. The molecule has 1 heterocycles. The fraction of sp³-hybridized carbons (Fsp3) is 0.391. The maximum Gasteiger partial charge on any atom is 0.246 e. The Balaban J connectivity index is 0.00000320. The molecule has 1 fully saturated rings. The molecule has 162 valence electrons. The van der Waals surface area contributed by atoms with E-state index < -0.39 is 0 Å². The maximum absolute atomic E-state index is 12.2. The number of halogens is 1. The maximum atomic E-state index is 12.2. The number of nitrogens with zero attached hydrogens (tertiary/aromatic N) is 2. The lowest BCUT2D eigenvalue weighted by Gasteiger charge is -2.29. The first-order valence-corrected chi connectivity index (χ1v) is 10.4. The number of hydrogen-bond donors (Lipinski definition) is 3. The van der Waals surface area contributed by atoms with Gasteiger partial charge in [0.05, 0.1) is 6.04 Å².